The summed E-state index contributed by atoms with van der Waals surface area (Å²) >= 11 is 0. The summed E-state index contributed by atoms with van der Waals surface area (Å²) in [6.07, 6.45) is 3.17. The number of H-pyrrole nitrogens is 1. The molecule has 0 fully saturated rings. The van der Waals surface area contributed by atoms with E-state index in [1.807, 2.05) is 43.3 Å². The van der Waals surface area contributed by atoms with Crippen molar-refractivity contribution in [1.82, 2.24) is 10.2 Å². The number of hydrogen-bond acceptors (Lipinski definition) is 4. The Morgan fingerprint density at radius 3 is 2.46 bits per heavy atom. The zero-order chi connectivity index (χ0) is 18.5. The first-order chi connectivity index (χ1) is 12.6. The first kappa shape index (κ1) is 17.8. The van der Waals surface area contributed by atoms with Crippen molar-refractivity contribution >= 4 is 11.9 Å². The number of carbonyl (C=O) groups excluding carboxylic acids is 1. The van der Waals surface area contributed by atoms with Crippen molar-refractivity contribution in [3.63, 3.8) is 0 Å². The lowest BCUT2D eigenvalue weighted by Crippen LogP contribution is -1.97. The number of aromatic amines is 1. The molecule has 0 unspecified atom stereocenters. The van der Waals surface area contributed by atoms with Gasteiger partial charge in [0, 0.05) is 11.1 Å². The SMILES string of the molecule is Cc1cc(CO)cc(C(=O)/C=C/c2cc(-c3ccc(CO)cc3)n[nH]2)c1. The Hall–Kier alpha value is -3.02. The molecule has 0 amide bonds. The van der Waals surface area contributed by atoms with E-state index in [4.69, 9.17) is 5.11 Å². The van der Waals surface area contributed by atoms with Crippen LogP contribution < -0.4 is 0 Å². The van der Waals surface area contributed by atoms with Crippen LogP contribution in [0.5, 0.6) is 0 Å². The van der Waals surface area contributed by atoms with E-state index in [-0.39, 0.29) is 19.0 Å². The summed E-state index contributed by atoms with van der Waals surface area (Å²) < 4.78 is 0. The topological polar surface area (TPSA) is 86.2 Å². The number of aliphatic hydroxyl groups is 2. The summed E-state index contributed by atoms with van der Waals surface area (Å²) in [6.45, 7) is 1.81. The van der Waals surface area contributed by atoms with E-state index in [2.05, 4.69) is 10.2 Å². The number of aromatic nitrogens is 2. The molecule has 5 heteroatoms. The van der Waals surface area contributed by atoms with Crippen molar-refractivity contribution < 1.29 is 15.0 Å². The lowest BCUT2D eigenvalue weighted by molar-refractivity contribution is 0.104. The van der Waals surface area contributed by atoms with E-state index in [0.717, 1.165) is 33.6 Å². The normalized spacial score (nSPS) is 11.2. The number of rotatable bonds is 6. The number of nitrogens with one attached hydrogen (secondary N) is 1. The van der Waals surface area contributed by atoms with Crippen molar-refractivity contribution in [2.45, 2.75) is 20.1 Å². The largest absolute Gasteiger partial charge is 0.392 e. The van der Waals surface area contributed by atoms with E-state index in [1.54, 1.807) is 18.2 Å². The van der Waals surface area contributed by atoms with Gasteiger partial charge in [-0.05, 0) is 48.4 Å². The molecule has 1 heterocycles. The fourth-order valence-electron chi connectivity index (χ4n) is 2.71. The highest BCUT2D eigenvalue weighted by atomic mass is 16.3. The van der Waals surface area contributed by atoms with Gasteiger partial charge in [-0.3, -0.25) is 9.89 Å². The van der Waals surface area contributed by atoms with Crippen LogP contribution in [0.2, 0.25) is 0 Å². The van der Waals surface area contributed by atoms with Gasteiger partial charge in [-0.1, -0.05) is 35.9 Å². The summed E-state index contributed by atoms with van der Waals surface area (Å²) in [6, 6.07) is 14.7. The average Bonchev–Trinajstić information content (AvgIpc) is 3.14. The lowest BCUT2D eigenvalue weighted by Gasteiger charge is -2.02. The Labute approximate surface area is 151 Å². The van der Waals surface area contributed by atoms with Crippen LogP contribution in [-0.4, -0.2) is 26.2 Å². The summed E-state index contributed by atoms with van der Waals surface area (Å²) in [5.41, 5.74) is 5.45. The van der Waals surface area contributed by atoms with Crippen molar-refractivity contribution in [2.75, 3.05) is 0 Å². The maximum atomic E-state index is 12.4. The van der Waals surface area contributed by atoms with Crippen molar-refractivity contribution in [3.8, 4) is 11.3 Å². The van der Waals surface area contributed by atoms with E-state index < -0.39 is 0 Å². The van der Waals surface area contributed by atoms with Crippen LogP contribution in [0.1, 0.15) is 32.7 Å². The molecule has 0 aliphatic carbocycles. The van der Waals surface area contributed by atoms with Gasteiger partial charge in [0.1, 0.15) is 0 Å². The number of aliphatic hydroxyl groups excluding tert-OH is 2. The molecule has 5 nitrogen and oxygen atoms in total. The number of carbonyl (C=O) groups is 1. The van der Waals surface area contributed by atoms with E-state index >= 15 is 0 Å². The molecule has 0 saturated carbocycles. The number of benzene rings is 2. The number of ketones is 1. The number of nitrogens with zero attached hydrogens (tertiary/aromatic N) is 1. The summed E-state index contributed by atoms with van der Waals surface area (Å²) in [5.74, 6) is -0.133. The number of allylic oxidation sites excluding steroid dienone is 1. The molecule has 0 radical (unpaired) electrons. The molecule has 2 aromatic carbocycles. The van der Waals surface area contributed by atoms with Gasteiger partial charge in [-0.2, -0.15) is 5.10 Å². The van der Waals surface area contributed by atoms with Gasteiger partial charge >= 0.3 is 0 Å². The van der Waals surface area contributed by atoms with Crippen molar-refractivity contribution in [1.29, 1.82) is 0 Å². The molecule has 3 rings (SSSR count). The Bertz CT molecular complexity index is 940. The van der Waals surface area contributed by atoms with E-state index in [1.165, 1.54) is 6.08 Å². The van der Waals surface area contributed by atoms with Crippen molar-refractivity contribution in [3.05, 3.63) is 82.6 Å². The molecule has 3 aromatic rings. The highest BCUT2D eigenvalue weighted by molar-refractivity contribution is 6.07. The molecule has 3 N–H and O–H groups in total. The molecule has 0 bridgehead atoms. The molecule has 0 saturated heterocycles. The first-order valence-corrected chi connectivity index (χ1v) is 8.28. The molecule has 0 aliphatic heterocycles. The fourth-order valence-corrected chi connectivity index (χ4v) is 2.71. The minimum Gasteiger partial charge on any atom is -0.392 e. The fraction of sp³-hybridized carbons (Fsp3) is 0.143. The van der Waals surface area contributed by atoms with Crippen LogP contribution in [0.4, 0.5) is 0 Å². The minimum absolute atomic E-state index is 0.00784. The first-order valence-electron chi connectivity index (χ1n) is 8.28. The molecular formula is C21H20N2O3. The second-order valence-corrected chi connectivity index (χ2v) is 6.13. The maximum absolute atomic E-state index is 12.4. The van der Waals surface area contributed by atoms with Crippen LogP contribution >= 0.6 is 0 Å². The predicted octanol–water partition coefficient (Wildman–Crippen LogP) is 3.27. The standard InChI is InChI=1S/C21H20N2O3/c1-14-8-16(13-25)10-18(9-14)21(26)7-6-19-11-20(23-22-19)17-4-2-15(12-24)3-5-17/h2-11,24-25H,12-13H2,1H3,(H,22,23)/b7-6+. The molecule has 1 aromatic heterocycles. The highest BCUT2D eigenvalue weighted by Gasteiger charge is 2.06. The van der Waals surface area contributed by atoms with Gasteiger partial charge in [-0.15, -0.1) is 0 Å². The lowest BCUT2D eigenvalue weighted by atomic mass is 10.0. The molecule has 26 heavy (non-hydrogen) atoms. The van der Waals surface area contributed by atoms with E-state index in [9.17, 15) is 9.90 Å². The maximum Gasteiger partial charge on any atom is 0.185 e. The zero-order valence-corrected chi connectivity index (χ0v) is 14.4. The summed E-state index contributed by atoms with van der Waals surface area (Å²) in [5, 5.41) is 25.5. The number of aryl methyl sites for hydroxylation is 1. The van der Waals surface area contributed by atoms with Crippen LogP contribution in [-0.2, 0) is 13.2 Å². The monoisotopic (exact) mass is 348 g/mol. The summed E-state index contributed by atoms with van der Waals surface area (Å²) in [4.78, 5) is 12.4. The molecule has 0 aliphatic rings. The average molecular weight is 348 g/mol. The second-order valence-electron chi connectivity index (χ2n) is 6.13. The molecule has 132 valence electrons. The molecule has 0 spiro atoms. The van der Waals surface area contributed by atoms with Gasteiger partial charge in [0.2, 0.25) is 0 Å². The highest BCUT2D eigenvalue weighted by Crippen LogP contribution is 2.19. The Kier molecular flexibility index (Phi) is 5.41. The van der Waals surface area contributed by atoms with Crippen LogP contribution in [0.15, 0.2) is 54.6 Å². The third-order valence-corrected chi connectivity index (χ3v) is 4.05. The Balaban J connectivity index is 1.75. The van der Waals surface area contributed by atoms with Gasteiger partial charge in [-0.25, -0.2) is 0 Å². The third kappa shape index (κ3) is 4.14. The Morgan fingerprint density at radius 2 is 1.77 bits per heavy atom. The van der Waals surface area contributed by atoms with Crippen LogP contribution in [0, 0.1) is 6.92 Å². The van der Waals surface area contributed by atoms with Gasteiger partial charge in [0.15, 0.2) is 5.78 Å². The zero-order valence-electron chi connectivity index (χ0n) is 14.4. The summed E-state index contributed by atoms with van der Waals surface area (Å²) in [7, 11) is 0. The van der Waals surface area contributed by atoms with Gasteiger partial charge in [0.25, 0.3) is 0 Å². The predicted molar refractivity (Wildman–Crippen MR) is 100 cm³/mol. The third-order valence-electron chi connectivity index (χ3n) is 4.05. The van der Waals surface area contributed by atoms with Crippen molar-refractivity contribution in [2.24, 2.45) is 0 Å². The quantitative estimate of drug-likeness (QED) is 0.471. The van der Waals surface area contributed by atoms with Crippen LogP contribution in [0.25, 0.3) is 17.3 Å². The second kappa shape index (κ2) is 7.91. The van der Waals surface area contributed by atoms with Gasteiger partial charge in [0.05, 0.1) is 24.6 Å². The molecule has 0 atom stereocenters. The minimum atomic E-state index is -0.133. The van der Waals surface area contributed by atoms with Gasteiger partial charge < -0.3 is 10.2 Å². The van der Waals surface area contributed by atoms with Crippen LogP contribution in [0.3, 0.4) is 0 Å². The smallest absolute Gasteiger partial charge is 0.185 e. The number of hydrogen-bond donors (Lipinski definition) is 3. The molecular weight excluding hydrogens is 328 g/mol. The Morgan fingerprint density at radius 1 is 1.04 bits per heavy atom. The van der Waals surface area contributed by atoms with E-state index in [0.29, 0.717) is 5.56 Å².